The summed E-state index contributed by atoms with van der Waals surface area (Å²) in [6.45, 7) is -0.452. The number of benzene rings is 1. The van der Waals surface area contributed by atoms with Crippen LogP contribution in [0, 0.1) is 5.82 Å². The minimum absolute atomic E-state index is 0.0767. The van der Waals surface area contributed by atoms with Crippen molar-refractivity contribution >= 4 is 23.9 Å². The summed E-state index contributed by atoms with van der Waals surface area (Å²) < 4.78 is 18.3. The van der Waals surface area contributed by atoms with Crippen LogP contribution in [0.5, 0.6) is 0 Å². The van der Waals surface area contributed by atoms with Crippen molar-refractivity contribution in [3.8, 4) is 0 Å². The van der Waals surface area contributed by atoms with Gasteiger partial charge >= 0.3 is 5.97 Å². The molecule has 1 fully saturated rings. The van der Waals surface area contributed by atoms with Crippen LogP contribution in [0.3, 0.4) is 0 Å². The number of carbonyl (C=O) groups excluding carboxylic acids is 2. The molecule has 0 unspecified atom stereocenters. The molecular formula is C14H12FNO5. The highest BCUT2D eigenvalue weighted by atomic mass is 19.1. The van der Waals surface area contributed by atoms with Crippen LogP contribution in [0.15, 0.2) is 24.3 Å². The van der Waals surface area contributed by atoms with Gasteiger partial charge in [0, 0.05) is 6.08 Å². The van der Waals surface area contributed by atoms with Crippen molar-refractivity contribution in [1.82, 2.24) is 4.90 Å². The predicted octanol–water partition coefficient (Wildman–Crippen LogP) is 0.809. The Balaban J connectivity index is 2.21. The van der Waals surface area contributed by atoms with Gasteiger partial charge in [0.25, 0.3) is 11.8 Å². The van der Waals surface area contributed by atoms with Crippen molar-refractivity contribution in [1.29, 1.82) is 0 Å². The molecule has 110 valence electrons. The molecule has 0 atom stereocenters. The molecule has 1 N–H and O–H groups in total. The van der Waals surface area contributed by atoms with Crippen LogP contribution in [0.1, 0.15) is 11.1 Å². The lowest BCUT2D eigenvalue weighted by Crippen LogP contribution is -2.45. The molecule has 2 rings (SSSR count). The number of aliphatic carboxylic acids is 1. The number of carboxylic acid groups (broad SMARTS) is 1. The van der Waals surface area contributed by atoms with E-state index in [1.807, 2.05) is 0 Å². The van der Waals surface area contributed by atoms with E-state index >= 15 is 0 Å². The zero-order valence-corrected chi connectivity index (χ0v) is 10.9. The minimum atomic E-state index is -1.15. The second-order valence-corrected chi connectivity index (χ2v) is 4.43. The Kier molecular flexibility index (Phi) is 4.44. The van der Waals surface area contributed by atoms with Crippen molar-refractivity contribution in [2.24, 2.45) is 0 Å². The fourth-order valence-electron chi connectivity index (χ4n) is 1.91. The number of amides is 2. The zero-order valence-electron chi connectivity index (χ0n) is 10.9. The van der Waals surface area contributed by atoms with E-state index in [0.29, 0.717) is 11.1 Å². The standard InChI is InChI=1S/C14H12FNO5/c15-11-4-9(1-2-14(19)20)3-10(5-11)6-16-12(17)7-21-8-13(16)18/h1-5H,6-8H2,(H,19,20). The van der Waals surface area contributed by atoms with E-state index < -0.39 is 23.6 Å². The first-order valence-corrected chi connectivity index (χ1v) is 6.07. The first-order valence-electron chi connectivity index (χ1n) is 6.07. The van der Waals surface area contributed by atoms with E-state index in [-0.39, 0.29) is 19.8 Å². The molecule has 2 amide bonds. The Morgan fingerprint density at radius 2 is 1.95 bits per heavy atom. The fourth-order valence-corrected chi connectivity index (χ4v) is 1.91. The smallest absolute Gasteiger partial charge is 0.328 e. The van der Waals surface area contributed by atoms with Gasteiger partial charge in [-0.2, -0.15) is 0 Å². The number of halogens is 1. The quantitative estimate of drug-likeness (QED) is 0.656. The molecule has 1 saturated heterocycles. The zero-order chi connectivity index (χ0) is 15.4. The number of imide groups is 1. The first kappa shape index (κ1) is 14.9. The highest BCUT2D eigenvalue weighted by Gasteiger charge is 2.26. The third-order valence-corrected chi connectivity index (χ3v) is 2.79. The molecule has 6 nitrogen and oxygen atoms in total. The summed E-state index contributed by atoms with van der Waals surface area (Å²) in [4.78, 5) is 34.6. The Morgan fingerprint density at radius 3 is 2.57 bits per heavy atom. The molecule has 0 bridgehead atoms. The summed E-state index contributed by atoms with van der Waals surface area (Å²) in [5, 5.41) is 8.55. The Hall–Kier alpha value is -2.54. The lowest BCUT2D eigenvalue weighted by molar-refractivity contribution is -0.159. The van der Waals surface area contributed by atoms with Gasteiger partial charge in [-0.3, -0.25) is 14.5 Å². The maximum Gasteiger partial charge on any atom is 0.328 e. The molecule has 0 radical (unpaired) electrons. The van der Waals surface area contributed by atoms with Gasteiger partial charge in [0.2, 0.25) is 0 Å². The van der Waals surface area contributed by atoms with Gasteiger partial charge < -0.3 is 9.84 Å². The molecule has 1 aromatic carbocycles. The van der Waals surface area contributed by atoms with E-state index in [4.69, 9.17) is 9.84 Å². The first-order chi connectivity index (χ1) is 9.95. The average Bonchev–Trinajstić information content (AvgIpc) is 2.40. The maximum absolute atomic E-state index is 13.5. The van der Waals surface area contributed by atoms with E-state index in [0.717, 1.165) is 17.0 Å². The van der Waals surface area contributed by atoms with Crippen LogP contribution in [-0.2, 0) is 25.7 Å². The highest BCUT2D eigenvalue weighted by Crippen LogP contribution is 2.15. The van der Waals surface area contributed by atoms with Crippen LogP contribution in [0.4, 0.5) is 4.39 Å². The number of rotatable bonds is 4. The molecule has 1 aromatic rings. The van der Waals surface area contributed by atoms with Crippen LogP contribution in [0.25, 0.3) is 6.08 Å². The van der Waals surface area contributed by atoms with Gasteiger partial charge in [-0.25, -0.2) is 9.18 Å². The molecule has 7 heteroatoms. The summed E-state index contributed by atoms with van der Waals surface area (Å²) >= 11 is 0. The maximum atomic E-state index is 13.5. The number of nitrogens with zero attached hydrogens (tertiary/aromatic N) is 1. The number of ether oxygens (including phenoxy) is 1. The van der Waals surface area contributed by atoms with Crippen LogP contribution >= 0.6 is 0 Å². The Morgan fingerprint density at radius 1 is 1.29 bits per heavy atom. The minimum Gasteiger partial charge on any atom is -0.478 e. The number of hydrogen-bond donors (Lipinski definition) is 1. The normalized spacial score (nSPS) is 15.8. The summed E-state index contributed by atoms with van der Waals surface area (Å²) in [6, 6.07) is 3.86. The number of hydrogen-bond acceptors (Lipinski definition) is 4. The van der Waals surface area contributed by atoms with Crippen molar-refractivity contribution in [3.05, 3.63) is 41.2 Å². The lowest BCUT2D eigenvalue weighted by Gasteiger charge is -2.25. The van der Waals surface area contributed by atoms with Gasteiger partial charge in [-0.1, -0.05) is 0 Å². The molecule has 0 aromatic heterocycles. The van der Waals surface area contributed by atoms with Crippen LogP contribution in [-0.4, -0.2) is 41.0 Å². The van der Waals surface area contributed by atoms with Crippen molar-refractivity contribution in [2.75, 3.05) is 13.2 Å². The van der Waals surface area contributed by atoms with Crippen molar-refractivity contribution < 1.29 is 28.6 Å². The molecule has 1 aliphatic rings. The molecule has 0 aliphatic carbocycles. The second-order valence-electron chi connectivity index (χ2n) is 4.43. The largest absolute Gasteiger partial charge is 0.478 e. The van der Waals surface area contributed by atoms with Crippen LogP contribution < -0.4 is 0 Å². The van der Waals surface area contributed by atoms with Gasteiger partial charge in [-0.15, -0.1) is 0 Å². The van der Waals surface area contributed by atoms with E-state index in [2.05, 4.69) is 0 Å². The van der Waals surface area contributed by atoms with Gasteiger partial charge in [0.15, 0.2) is 0 Å². The summed E-state index contributed by atoms with van der Waals surface area (Å²) in [6.07, 6.45) is 2.11. The molecule has 0 saturated carbocycles. The van der Waals surface area contributed by atoms with Crippen LogP contribution in [0.2, 0.25) is 0 Å². The number of morpholine rings is 1. The van der Waals surface area contributed by atoms with E-state index in [1.165, 1.54) is 18.2 Å². The second kappa shape index (κ2) is 6.27. The average molecular weight is 293 g/mol. The summed E-state index contributed by atoms with van der Waals surface area (Å²) in [7, 11) is 0. The Bertz CT molecular complexity index is 610. The number of carboxylic acids is 1. The van der Waals surface area contributed by atoms with Crippen molar-refractivity contribution in [2.45, 2.75) is 6.54 Å². The molecule has 1 aliphatic heterocycles. The fraction of sp³-hybridized carbons (Fsp3) is 0.214. The molecule has 21 heavy (non-hydrogen) atoms. The number of carbonyl (C=O) groups is 3. The topological polar surface area (TPSA) is 83.9 Å². The Labute approximate surface area is 119 Å². The summed E-state index contributed by atoms with van der Waals surface area (Å²) in [5.41, 5.74) is 0.726. The predicted molar refractivity (Wildman–Crippen MR) is 69.4 cm³/mol. The molecular weight excluding hydrogens is 281 g/mol. The molecule has 0 spiro atoms. The van der Waals surface area contributed by atoms with Gasteiger partial charge in [0.05, 0.1) is 6.54 Å². The third-order valence-electron chi connectivity index (χ3n) is 2.79. The lowest BCUT2D eigenvalue weighted by atomic mass is 10.1. The monoisotopic (exact) mass is 293 g/mol. The van der Waals surface area contributed by atoms with E-state index in [9.17, 15) is 18.8 Å². The van der Waals surface area contributed by atoms with Crippen molar-refractivity contribution in [3.63, 3.8) is 0 Å². The van der Waals surface area contributed by atoms with Gasteiger partial charge in [-0.05, 0) is 35.4 Å². The third kappa shape index (κ3) is 3.96. The van der Waals surface area contributed by atoms with Gasteiger partial charge in [0.1, 0.15) is 19.0 Å². The highest BCUT2D eigenvalue weighted by molar-refractivity contribution is 5.98. The van der Waals surface area contributed by atoms with E-state index in [1.54, 1.807) is 0 Å². The molecule has 1 heterocycles. The SMILES string of the molecule is O=C(O)C=Cc1cc(F)cc(CN2C(=O)COCC2=O)c1. The summed E-state index contributed by atoms with van der Waals surface area (Å²) in [5.74, 6) is -2.71.